The summed E-state index contributed by atoms with van der Waals surface area (Å²) in [6, 6.07) is 13.8. The van der Waals surface area contributed by atoms with Crippen LogP contribution in [0.4, 0.5) is 0 Å². The Kier molecular flexibility index (Phi) is 4.98. The molecule has 4 aromatic rings. The number of carbonyl (C=O) groups is 2. The highest BCUT2D eigenvalue weighted by atomic mass is 16.5. The lowest BCUT2D eigenvalue weighted by Gasteiger charge is -2.04. The molecule has 8 nitrogen and oxygen atoms in total. The van der Waals surface area contributed by atoms with Gasteiger partial charge in [0, 0.05) is 16.8 Å². The standard InChI is InChI=1S/C21H16N4O4/c1-2-28-21(27)14-7-9-16(10-8-14)29-19(26)12-11-18-23-24-20-17-6-4-3-5-15(17)13-22-25(18)20/h3-13H,2H2,1H3/b12-11+. The van der Waals surface area contributed by atoms with E-state index in [4.69, 9.17) is 9.47 Å². The molecule has 0 unspecified atom stereocenters. The van der Waals surface area contributed by atoms with Gasteiger partial charge in [-0.25, -0.2) is 9.59 Å². The Labute approximate surface area is 165 Å². The fourth-order valence-electron chi connectivity index (χ4n) is 2.78. The summed E-state index contributed by atoms with van der Waals surface area (Å²) in [7, 11) is 0. The van der Waals surface area contributed by atoms with Gasteiger partial charge in [-0.05, 0) is 37.3 Å². The summed E-state index contributed by atoms with van der Waals surface area (Å²) in [6.45, 7) is 2.03. The Hall–Kier alpha value is -4.07. The Morgan fingerprint density at radius 3 is 2.66 bits per heavy atom. The minimum atomic E-state index is -0.591. The molecular formula is C21H16N4O4. The van der Waals surface area contributed by atoms with E-state index >= 15 is 0 Å². The van der Waals surface area contributed by atoms with E-state index in [9.17, 15) is 9.59 Å². The summed E-state index contributed by atoms with van der Waals surface area (Å²) >= 11 is 0. The van der Waals surface area contributed by atoms with Crippen LogP contribution in [-0.2, 0) is 9.53 Å². The first-order valence-corrected chi connectivity index (χ1v) is 8.92. The predicted octanol–water partition coefficient (Wildman–Crippen LogP) is 3.07. The Balaban J connectivity index is 1.48. The van der Waals surface area contributed by atoms with Crippen LogP contribution in [0, 0.1) is 0 Å². The molecule has 0 saturated carbocycles. The molecular weight excluding hydrogens is 372 g/mol. The van der Waals surface area contributed by atoms with E-state index < -0.39 is 11.9 Å². The maximum Gasteiger partial charge on any atom is 0.338 e. The van der Waals surface area contributed by atoms with Gasteiger partial charge in [-0.15, -0.1) is 10.2 Å². The van der Waals surface area contributed by atoms with E-state index in [1.54, 1.807) is 17.6 Å². The SMILES string of the molecule is CCOC(=O)c1ccc(OC(=O)/C=C/c2nnc3c4ccccc4cnn23)cc1. The number of nitrogens with zero attached hydrogens (tertiary/aromatic N) is 4. The van der Waals surface area contributed by atoms with Crippen LogP contribution < -0.4 is 4.74 Å². The first-order chi connectivity index (χ1) is 14.2. The molecule has 0 aliphatic carbocycles. The maximum absolute atomic E-state index is 12.1. The van der Waals surface area contributed by atoms with Crippen LogP contribution in [-0.4, -0.2) is 38.4 Å². The van der Waals surface area contributed by atoms with E-state index in [1.165, 1.54) is 36.4 Å². The van der Waals surface area contributed by atoms with Gasteiger partial charge in [0.2, 0.25) is 0 Å². The largest absolute Gasteiger partial charge is 0.462 e. The number of esters is 2. The molecule has 2 heterocycles. The summed E-state index contributed by atoms with van der Waals surface area (Å²) in [5, 5.41) is 14.4. The third-order valence-corrected chi connectivity index (χ3v) is 4.13. The molecule has 2 aromatic heterocycles. The van der Waals surface area contributed by atoms with Crippen molar-refractivity contribution in [2.75, 3.05) is 6.61 Å². The molecule has 2 aromatic carbocycles. The number of hydrogen-bond donors (Lipinski definition) is 0. The van der Waals surface area contributed by atoms with Gasteiger partial charge in [0.25, 0.3) is 0 Å². The molecule has 0 aliphatic heterocycles. The van der Waals surface area contributed by atoms with Gasteiger partial charge in [0.1, 0.15) is 5.75 Å². The first-order valence-electron chi connectivity index (χ1n) is 8.92. The fraction of sp³-hybridized carbons (Fsp3) is 0.0952. The van der Waals surface area contributed by atoms with Crippen molar-refractivity contribution in [2.45, 2.75) is 6.92 Å². The highest BCUT2D eigenvalue weighted by Crippen LogP contribution is 2.18. The van der Waals surface area contributed by atoms with E-state index in [2.05, 4.69) is 15.3 Å². The molecule has 29 heavy (non-hydrogen) atoms. The molecule has 0 aliphatic rings. The van der Waals surface area contributed by atoms with E-state index in [0.717, 1.165) is 10.8 Å². The zero-order chi connectivity index (χ0) is 20.2. The number of aromatic nitrogens is 4. The van der Waals surface area contributed by atoms with Gasteiger partial charge in [-0.3, -0.25) is 0 Å². The quantitative estimate of drug-likeness (QED) is 0.294. The molecule has 0 bridgehead atoms. The molecule has 0 saturated heterocycles. The number of benzene rings is 2. The molecule has 0 atom stereocenters. The average molecular weight is 388 g/mol. The summed E-state index contributed by atoms with van der Waals surface area (Å²) in [5.41, 5.74) is 0.987. The van der Waals surface area contributed by atoms with Gasteiger partial charge in [0.15, 0.2) is 11.5 Å². The molecule has 144 valence electrons. The first kappa shape index (κ1) is 18.3. The van der Waals surface area contributed by atoms with Crippen LogP contribution in [0.15, 0.2) is 60.8 Å². The smallest absolute Gasteiger partial charge is 0.338 e. The molecule has 4 rings (SSSR count). The number of hydrogen-bond acceptors (Lipinski definition) is 7. The highest BCUT2D eigenvalue weighted by Gasteiger charge is 2.10. The van der Waals surface area contributed by atoms with Crippen LogP contribution in [0.3, 0.4) is 0 Å². The third-order valence-electron chi connectivity index (χ3n) is 4.13. The van der Waals surface area contributed by atoms with Crippen LogP contribution >= 0.6 is 0 Å². The molecule has 0 spiro atoms. The van der Waals surface area contributed by atoms with Crippen molar-refractivity contribution in [3.05, 3.63) is 72.2 Å². The topological polar surface area (TPSA) is 95.7 Å². The lowest BCUT2D eigenvalue weighted by Crippen LogP contribution is -2.06. The second kappa shape index (κ2) is 7.89. The zero-order valence-electron chi connectivity index (χ0n) is 15.5. The highest BCUT2D eigenvalue weighted by molar-refractivity contribution is 5.93. The van der Waals surface area contributed by atoms with Crippen LogP contribution in [0.2, 0.25) is 0 Å². The zero-order valence-corrected chi connectivity index (χ0v) is 15.5. The number of fused-ring (bicyclic) bond motifs is 3. The Morgan fingerprint density at radius 2 is 1.86 bits per heavy atom. The molecule has 0 radical (unpaired) electrons. The molecule has 8 heteroatoms. The van der Waals surface area contributed by atoms with Gasteiger partial charge in [-0.1, -0.05) is 24.3 Å². The van der Waals surface area contributed by atoms with Gasteiger partial charge < -0.3 is 9.47 Å². The van der Waals surface area contributed by atoms with E-state index in [-0.39, 0.29) is 0 Å². The number of carbonyl (C=O) groups excluding carboxylic acids is 2. The Bertz CT molecular complexity index is 1230. The summed E-state index contributed by atoms with van der Waals surface area (Å²) in [4.78, 5) is 23.7. The second-order valence-corrected chi connectivity index (χ2v) is 6.02. The van der Waals surface area contributed by atoms with Crippen molar-refractivity contribution >= 4 is 34.4 Å². The summed E-state index contributed by atoms with van der Waals surface area (Å²) in [6.07, 6.45) is 4.44. The lowest BCUT2D eigenvalue weighted by molar-refractivity contribution is -0.128. The Morgan fingerprint density at radius 1 is 1.07 bits per heavy atom. The van der Waals surface area contributed by atoms with Gasteiger partial charge in [0.05, 0.1) is 18.4 Å². The minimum Gasteiger partial charge on any atom is -0.462 e. The van der Waals surface area contributed by atoms with Gasteiger partial charge >= 0.3 is 11.9 Å². The normalized spacial score (nSPS) is 11.2. The molecule has 0 N–H and O–H groups in total. The summed E-state index contributed by atoms with van der Waals surface area (Å²) < 4.78 is 11.7. The van der Waals surface area contributed by atoms with E-state index in [1.807, 2.05) is 24.3 Å². The van der Waals surface area contributed by atoms with Crippen molar-refractivity contribution in [3.63, 3.8) is 0 Å². The molecule has 0 amide bonds. The average Bonchev–Trinajstić information content (AvgIpc) is 3.16. The van der Waals surface area contributed by atoms with Crippen LogP contribution in [0.5, 0.6) is 5.75 Å². The third kappa shape index (κ3) is 3.81. The van der Waals surface area contributed by atoms with Crippen molar-refractivity contribution in [3.8, 4) is 5.75 Å². The van der Waals surface area contributed by atoms with Crippen LogP contribution in [0.1, 0.15) is 23.1 Å². The predicted molar refractivity (Wildman–Crippen MR) is 105 cm³/mol. The molecule has 0 fully saturated rings. The van der Waals surface area contributed by atoms with Gasteiger partial charge in [-0.2, -0.15) is 9.61 Å². The summed E-state index contributed by atoms with van der Waals surface area (Å²) in [5.74, 6) is -0.307. The monoisotopic (exact) mass is 388 g/mol. The van der Waals surface area contributed by atoms with Crippen molar-refractivity contribution in [1.29, 1.82) is 0 Å². The second-order valence-electron chi connectivity index (χ2n) is 6.02. The maximum atomic E-state index is 12.1. The van der Waals surface area contributed by atoms with Crippen LogP contribution in [0.25, 0.3) is 22.5 Å². The van der Waals surface area contributed by atoms with Crippen molar-refractivity contribution in [2.24, 2.45) is 0 Å². The number of ether oxygens (including phenoxy) is 2. The fourth-order valence-corrected chi connectivity index (χ4v) is 2.78. The van der Waals surface area contributed by atoms with Crippen molar-refractivity contribution < 1.29 is 19.1 Å². The van der Waals surface area contributed by atoms with Crippen molar-refractivity contribution in [1.82, 2.24) is 19.8 Å². The number of rotatable bonds is 5. The van der Waals surface area contributed by atoms with E-state index in [0.29, 0.717) is 29.4 Å². The minimum absolute atomic E-state index is 0.294. The lowest BCUT2D eigenvalue weighted by atomic mass is 10.2.